The lowest BCUT2D eigenvalue weighted by Crippen LogP contribution is -2.23. The van der Waals surface area contributed by atoms with E-state index in [1.165, 1.54) is 0 Å². The van der Waals surface area contributed by atoms with Crippen LogP contribution in [0.5, 0.6) is 0 Å². The third-order valence-electron chi connectivity index (χ3n) is 4.61. The van der Waals surface area contributed by atoms with Crippen LogP contribution < -0.4 is 10.9 Å². The number of carbonyl (C=O) groups is 1. The fourth-order valence-corrected chi connectivity index (χ4v) is 3.08. The van der Waals surface area contributed by atoms with Crippen LogP contribution in [0.3, 0.4) is 0 Å². The van der Waals surface area contributed by atoms with Crippen LogP contribution in [0.25, 0.3) is 22.0 Å². The second kappa shape index (κ2) is 6.92. The molecule has 0 radical (unpaired) electrons. The maximum absolute atomic E-state index is 12.5. The summed E-state index contributed by atoms with van der Waals surface area (Å²) in [7, 11) is 0. The van der Waals surface area contributed by atoms with Crippen LogP contribution in [0.1, 0.15) is 15.9 Å². The number of nitrogens with one attached hydrogen (secondary N) is 2. The summed E-state index contributed by atoms with van der Waals surface area (Å²) in [6, 6.07) is 24.8. The lowest BCUT2D eigenvalue weighted by Gasteiger charge is -2.09. The number of anilines is 1. The zero-order valence-corrected chi connectivity index (χ0v) is 14.8. The van der Waals surface area contributed by atoms with Crippen LogP contribution in [0.2, 0.25) is 0 Å². The Bertz CT molecular complexity index is 1210. The van der Waals surface area contributed by atoms with Crippen molar-refractivity contribution in [2.75, 3.05) is 5.32 Å². The van der Waals surface area contributed by atoms with Gasteiger partial charge >= 0.3 is 0 Å². The lowest BCUT2D eigenvalue weighted by molar-refractivity contribution is 0.102. The number of hydrogen-bond donors (Lipinski definition) is 2. The van der Waals surface area contributed by atoms with Gasteiger partial charge in [0, 0.05) is 11.4 Å². The van der Waals surface area contributed by atoms with Gasteiger partial charge in [-0.2, -0.15) is 0 Å². The van der Waals surface area contributed by atoms with Crippen molar-refractivity contribution >= 4 is 22.4 Å². The van der Waals surface area contributed by atoms with Gasteiger partial charge in [-0.3, -0.25) is 9.59 Å². The molecule has 0 unspecified atom stereocenters. The molecule has 0 aliphatic carbocycles. The molecule has 4 nitrogen and oxygen atoms in total. The average Bonchev–Trinajstić information content (AvgIpc) is 2.69. The minimum atomic E-state index is -0.421. The molecular weight excluding hydrogens is 336 g/mol. The van der Waals surface area contributed by atoms with E-state index in [2.05, 4.69) is 10.3 Å². The Morgan fingerprint density at radius 2 is 1.59 bits per heavy atom. The fraction of sp³-hybridized carbons (Fsp3) is 0.0435. The van der Waals surface area contributed by atoms with Crippen LogP contribution in [0.4, 0.5) is 5.69 Å². The maximum atomic E-state index is 12.5. The summed E-state index contributed by atoms with van der Waals surface area (Å²) in [6.07, 6.45) is 0. The predicted molar refractivity (Wildman–Crippen MR) is 109 cm³/mol. The van der Waals surface area contributed by atoms with E-state index in [0.29, 0.717) is 11.4 Å². The summed E-state index contributed by atoms with van der Waals surface area (Å²) in [5, 5.41) is 5.02. The summed E-state index contributed by atoms with van der Waals surface area (Å²) in [5.74, 6) is -0.421. The molecule has 4 aromatic rings. The zero-order valence-electron chi connectivity index (χ0n) is 14.8. The molecule has 0 aliphatic rings. The summed E-state index contributed by atoms with van der Waals surface area (Å²) in [6.45, 7) is 1.91. The van der Waals surface area contributed by atoms with Crippen LogP contribution >= 0.6 is 0 Å². The van der Waals surface area contributed by atoms with E-state index in [9.17, 15) is 9.59 Å². The summed E-state index contributed by atoms with van der Waals surface area (Å²) >= 11 is 0. The second-order valence-electron chi connectivity index (χ2n) is 6.45. The molecule has 0 spiro atoms. The SMILES string of the molecule is Cc1ccccc1NC(=O)c1ccc(-c2ccc3ccccc3c2)[nH]c1=O. The molecule has 1 heterocycles. The molecule has 4 rings (SSSR count). The number of aromatic nitrogens is 1. The minimum absolute atomic E-state index is 0.0859. The molecule has 0 bridgehead atoms. The van der Waals surface area contributed by atoms with Gasteiger partial charge in [-0.1, -0.05) is 54.6 Å². The van der Waals surface area contributed by atoms with Crippen molar-refractivity contribution in [2.24, 2.45) is 0 Å². The number of rotatable bonds is 3. The Morgan fingerprint density at radius 3 is 2.37 bits per heavy atom. The van der Waals surface area contributed by atoms with Crippen molar-refractivity contribution in [1.82, 2.24) is 4.98 Å². The van der Waals surface area contributed by atoms with Gasteiger partial charge in [-0.15, -0.1) is 0 Å². The van der Waals surface area contributed by atoms with E-state index in [4.69, 9.17) is 0 Å². The first-order chi connectivity index (χ1) is 13.1. The molecular formula is C23H18N2O2. The first-order valence-corrected chi connectivity index (χ1v) is 8.71. The first-order valence-electron chi connectivity index (χ1n) is 8.71. The maximum Gasteiger partial charge on any atom is 0.261 e. The molecule has 0 saturated heterocycles. The number of carbonyl (C=O) groups excluding carboxylic acids is 1. The number of amides is 1. The Hall–Kier alpha value is -3.66. The van der Waals surface area contributed by atoms with Crippen molar-refractivity contribution < 1.29 is 4.79 Å². The Kier molecular flexibility index (Phi) is 4.30. The number of para-hydroxylation sites is 1. The van der Waals surface area contributed by atoms with Gasteiger partial charge in [0.25, 0.3) is 11.5 Å². The number of H-pyrrole nitrogens is 1. The monoisotopic (exact) mass is 354 g/mol. The molecule has 1 amide bonds. The van der Waals surface area contributed by atoms with Crippen molar-refractivity contribution in [1.29, 1.82) is 0 Å². The number of aryl methyl sites for hydroxylation is 1. The Labute approximate surface area is 156 Å². The Morgan fingerprint density at radius 1 is 0.852 bits per heavy atom. The highest BCUT2D eigenvalue weighted by Crippen LogP contribution is 2.22. The highest BCUT2D eigenvalue weighted by atomic mass is 16.2. The van der Waals surface area contributed by atoms with E-state index in [-0.39, 0.29) is 5.56 Å². The van der Waals surface area contributed by atoms with Crippen LogP contribution in [0, 0.1) is 6.92 Å². The Balaban J connectivity index is 1.64. The second-order valence-corrected chi connectivity index (χ2v) is 6.45. The topological polar surface area (TPSA) is 62.0 Å². The van der Waals surface area contributed by atoms with E-state index >= 15 is 0 Å². The van der Waals surface area contributed by atoms with Crippen LogP contribution in [0.15, 0.2) is 83.7 Å². The molecule has 0 aliphatic heterocycles. The molecule has 27 heavy (non-hydrogen) atoms. The number of fused-ring (bicyclic) bond motifs is 1. The normalized spacial score (nSPS) is 10.7. The van der Waals surface area contributed by atoms with E-state index in [0.717, 1.165) is 21.9 Å². The molecule has 2 N–H and O–H groups in total. The van der Waals surface area contributed by atoms with Crippen molar-refractivity contribution in [3.05, 3.63) is 100 Å². The number of benzene rings is 3. The van der Waals surface area contributed by atoms with Crippen molar-refractivity contribution in [2.45, 2.75) is 6.92 Å². The molecule has 3 aromatic carbocycles. The summed E-state index contributed by atoms with van der Waals surface area (Å²) in [4.78, 5) is 27.8. The molecule has 1 aromatic heterocycles. The minimum Gasteiger partial charge on any atom is -0.322 e. The fourth-order valence-electron chi connectivity index (χ4n) is 3.08. The van der Waals surface area contributed by atoms with Crippen molar-refractivity contribution in [3.63, 3.8) is 0 Å². The lowest BCUT2D eigenvalue weighted by atomic mass is 10.0. The van der Waals surface area contributed by atoms with Gasteiger partial charge in [0.1, 0.15) is 5.56 Å². The summed E-state index contributed by atoms with van der Waals surface area (Å²) in [5.41, 5.74) is 2.89. The summed E-state index contributed by atoms with van der Waals surface area (Å²) < 4.78 is 0. The number of pyridine rings is 1. The van der Waals surface area contributed by atoms with Gasteiger partial charge in [0.05, 0.1) is 0 Å². The molecule has 4 heteroatoms. The van der Waals surface area contributed by atoms with Crippen molar-refractivity contribution in [3.8, 4) is 11.3 Å². The molecule has 0 atom stereocenters. The largest absolute Gasteiger partial charge is 0.322 e. The highest BCUT2D eigenvalue weighted by molar-refractivity contribution is 6.04. The first kappa shape index (κ1) is 16.8. The highest BCUT2D eigenvalue weighted by Gasteiger charge is 2.13. The van der Waals surface area contributed by atoms with Gasteiger partial charge in [-0.05, 0) is 53.1 Å². The van der Waals surface area contributed by atoms with E-state index in [1.54, 1.807) is 12.1 Å². The average molecular weight is 354 g/mol. The predicted octanol–water partition coefficient (Wildman–Crippen LogP) is 4.76. The van der Waals surface area contributed by atoms with Gasteiger partial charge in [0.15, 0.2) is 0 Å². The van der Waals surface area contributed by atoms with Crippen LogP contribution in [-0.2, 0) is 0 Å². The zero-order chi connectivity index (χ0) is 18.8. The standard InChI is InChI=1S/C23H18N2O2/c1-15-6-2-5-9-20(15)24-22(26)19-12-13-21(25-23(19)27)18-11-10-16-7-3-4-8-17(16)14-18/h2-14H,1H3,(H,24,26)(H,25,27). The molecule has 0 fully saturated rings. The number of aromatic amines is 1. The molecule has 0 saturated carbocycles. The van der Waals surface area contributed by atoms with Gasteiger partial charge in [0.2, 0.25) is 0 Å². The van der Waals surface area contributed by atoms with E-state index < -0.39 is 11.5 Å². The van der Waals surface area contributed by atoms with Gasteiger partial charge < -0.3 is 10.3 Å². The van der Waals surface area contributed by atoms with Crippen LogP contribution in [-0.4, -0.2) is 10.9 Å². The number of hydrogen-bond acceptors (Lipinski definition) is 2. The molecule has 132 valence electrons. The van der Waals surface area contributed by atoms with E-state index in [1.807, 2.05) is 73.7 Å². The third-order valence-corrected chi connectivity index (χ3v) is 4.61. The third kappa shape index (κ3) is 3.37. The smallest absolute Gasteiger partial charge is 0.261 e. The quantitative estimate of drug-likeness (QED) is 0.557. The van der Waals surface area contributed by atoms with Gasteiger partial charge in [-0.25, -0.2) is 0 Å².